The minimum Gasteiger partial charge on any atom is -0.385 e. The minimum absolute atomic E-state index is 0.0411. The maximum absolute atomic E-state index is 12.0. The second kappa shape index (κ2) is 10.3. The van der Waals surface area contributed by atoms with Crippen LogP contribution in [0.2, 0.25) is 0 Å². The summed E-state index contributed by atoms with van der Waals surface area (Å²) >= 11 is 0. The molecule has 0 aliphatic rings. The highest BCUT2D eigenvalue weighted by atomic mass is 16.5. The molecule has 5 nitrogen and oxygen atoms in total. The predicted molar refractivity (Wildman–Crippen MR) is 98.7 cm³/mol. The molecular weight excluding hydrogens is 316 g/mol. The second-order valence-corrected chi connectivity index (χ2v) is 5.71. The van der Waals surface area contributed by atoms with Crippen LogP contribution in [0.5, 0.6) is 0 Å². The average molecular weight is 340 g/mol. The molecule has 0 aliphatic carbocycles. The number of benzene rings is 2. The smallest absolute Gasteiger partial charge is 0.251 e. The average Bonchev–Trinajstić information content (AvgIpc) is 2.65. The van der Waals surface area contributed by atoms with Crippen molar-refractivity contribution < 1.29 is 14.3 Å². The summed E-state index contributed by atoms with van der Waals surface area (Å²) in [6.45, 7) is 1.19. The fourth-order valence-corrected chi connectivity index (χ4v) is 2.35. The van der Waals surface area contributed by atoms with Crippen molar-refractivity contribution in [2.45, 2.75) is 19.3 Å². The fourth-order valence-electron chi connectivity index (χ4n) is 2.35. The fraction of sp³-hybridized carbons (Fsp3) is 0.300. The first kappa shape index (κ1) is 18.7. The largest absolute Gasteiger partial charge is 0.385 e. The highest BCUT2D eigenvalue weighted by Gasteiger charge is 2.06. The first-order valence-electron chi connectivity index (χ1n) is 8.40. The van der Waals surface area contributed by atoms with Crippen molar-refractivity contribution in [2.24, 2.45) is 0 Å². The minimum atomic E-state index is -0.127. The van der Waals surface area contributed by atoms with Crippen molar-refractivity contribution in [2.75, 3.05) is 25.6 Å². The molecule has 0 aliphatic heterocycles. The van der Waals surface area contributed by atoms with Gasteiger partial charge in [-0.05, 0) is 42.7 Å². The van der Waals surface area contributed by atoms with Gasteiger partial charge in [-0.25, -0.2) is 0 Å². The monoisotopic (exact) mass is 340 g/mol. The Balaban J connectivity index is 1.77. The Bertz CT molecular complexity index is 669. The lowest BCUT2D eigenvalue weighted by molar-refractivity contribution is -0.116. The molecule has 2 amide bonds. The van der Waals surface area contributed by atoms with E-state index in [4.69, 9.17) is 4.74 Å². The SMILES string of the molecule is COCCCNC(=O)c1ccc(NC(=O)CCc2ccccc2)cc1. The van der Waals surface area contributed by atoms with E-state index in [1.807, 2.05) is 30.3 Å². The number of aryl methyl sites for hydroxylation is 1. The molecule has 0 spiro atoms. The van der Waals surface area contributed by atoms with Crippen molar-refractivity contribution in [3.05, 3.63) is 65.7 Å². The van der Waals surface area contributed by atoms with Crippen LogP contribution in [0.25, 0.3) is 0 Å². The number of methoxy groups -OCH3 is 1. The number of carbonyl (C=O) groups is 2. The van der Waals surface area contributed by atoms with Gasteiger partial charge in [-0.3, -0.25) is 9.59 Å². The molecule has 0 aromatic heterocycles. The lowest BCUT2D eigenvalue weighted by Crippen LogP contribution is -2.25. The molecule has 0 saturated heterocycles. The van der Waals surface area contributed by atoms with Gasteiger partial charge in [0.25, 0.3) is 5.91 Å². The molecular formula is C20H24N2O3. The number of ether oxygens (including phenoxy) is 1. The third-order valence-electron chi connectivity index (χ3n) is 3.73. The normalized spacial score (nSPS) is 10.3. The number of hydrogen-bond donors (Lipinski definition) is 2. The van der Waals surface area contributed by atoms with Crippen LogP contribution < -0.4 is 10.6 Å². The van der Waals surface area contributed by atoms with E-state index in [0.717, 1.165) is 12.0 Å². The molecule has 0 saturated carbocycles. The van der Waals surface area contributed by atoms with E-state index in [1.54, 1.807) is 31.4 Å². The van der Waals surface area contributed by atoms with Crippen LogP contribution >= 0.6 is 0 Å². The summed E-state index contributed by atoms with van der Waals surface area (Å²) in [5.41, 5.74) is 2.40. The third-order valence-corrected chi connectivity index (χ3v) is 3.73. The first-order chi connectivity index (χ1) is 12.2. The Morgan fingerprint density at radius 1 is 1.00 bits per heavy atom. The standard InChI is InChI=1S/C20H24N2O3/c1-25-15-5-14-21-20(24)17-9-11-18(12-10-17)22-19(23)13-8-16-6-3-2-4-7-16/h2-4,6-7,9-12H,5,8,13-15H2,1H3,(H,21,24)(H,22,23). The summed E-state index contributed by atoms with van der Waals surface area (Å²) in [5.74, 6) is -0.168. The Labute approximate surface area is 148 Å². The Morgan fingerprint density at radius 2 is 1.72 bits per heavy atom. The first-order valence-corrected chi connectivity index (χ1v) is 8.40. The summed E-state index contributed by atoms with van der Waals surface area (Å²) in [6.07, 6.45) is 1.90. The van der Waals surface area contributed by atoms with Crippen LogP contribution in [0.4, 0.5) is 5.69 Å². The van der Waals surface area contributed by atoms with Crippen LogP contribution in [0.3, 0.4) is 0 Å². The molecule has 5 heteroatoms. The van der Waals surface area contributed by atoms with Gasteiger partial charge in [-0.2, -0.15) is 0 Å². The van der Waals surface area contributed by atoms with E-state index in [2.05, 4.69) is 10.6 Å². The molecule has 0 unspecified atom stereocenters. The van der Waals surface area contributed by atoms with E-state index in [9.17, 15) is 9.59 Å². The van der Waals surface area contributed by atoms with E-state index >= 15 is 0 Å². The van der Waals surface area contributed by atoms with Crippen LogP contribution in [0.1, 0.15) is 28.8 Å². The Morgan fingerprint density at radius 3 is 2.40 bits per heavy atom. The van der Waals surface area contributed by atoms with Gasteiger partial charge >= 0.3 is 0 Å². The molecule has 2 N–H and O–H groups in total. The maximum atomic E-state index is 12.0. The van der Waals surface area contributed by atoms with Crippen LogP contribution in [0, 0.1) is 0 Å². The van der Waals surface area contributed by atoms with E-state index in [1.165, 1.54) is 0 Å². The van der Waals surface area contributed by atoms with E-state index in [-0.39, 0.29) is 11.8 Å². The van der Waals surface area contributed by atoms with E-state index < -0.39 is 0 Å². The van der Waals surface area contributed by atoms with Crippen molar-refractivity contribution in [3.63, 3.8) is 0 Å². The molecule has 0 heterocycles. The van der Waals surface area contributed by atoms with Gasteiger partial charge in [0.1, 0.15) is 0 Å². The van der Waals surface area contributed by atoms with Gasteiger partial charge in [0, 0.05) is 37.9 Å². The van der Waals surface area contributed by atoms with Gasteiger partial charge in [0.2, 0.25) is 5.91 Å². The summed E-state index contributed by atoms with van der Waals surface area (Å²) in [5, 5.41) is 5.68. The summed E-state index contributed by atoms with van der Waals surface area (Å²) < 4.78 is 4.94. The lowest BCUT2D eigenvalue weighted by Gasteiger charge is -2.08. The number of amides is 2. The lowest BCUT2D eigenvalue weighted by atomic mass is 10.1. The summed E-state index contributed by atoms with van der Waals surface area (Å²) in [4.78, 5) is 24.0. The number of rotatable bonds is 9. The molecule has 0 radical (unpaired) electrons. The van der Waals surface area contributed by atoms with Crippen molar-refractivity contribution >= 4 is 17.5 Å². The highest BCUT2D eigenvalue weighted by molar-refractivity contribution is 5.95. The van der Waals surface area contributed by atoms with Gasteiger partial charge in [-0.15, -0.1) is 0 Å². The predicted octanol–water partition coefficient (Wildman–Crippen LogP) is 3.02. The van der Waals surface area contributed by atoms with Crippen molar-refractivity contribution in [1.82, 2.24) is 5.32 Å². The van der Waals surface area contributed by atoms with Gasteiger partial charge in [0.05, 0.1) is 0 Å². The molecule has 25 heavy (non-hydrogen) atoms. The molecule has 2 aromatic carbocycles. The highest BCUT2D eigenvalue weighted by Crippen LogP contribution is 2.11. The molecule has 0 bridgehead atoms. The number of hydrogen-bond acceptors (Lipinski definition) is 3. The quantitative estimate of drug-likeness (QED) is 0.690. The zero-order valence-corrected chi connectivity index (χ0v) is 14.5. The zero-order chi connectivity index (χ0) is 17.9. The van der Waals surface area contributed by atoms with Crippen molar-refractivity contribution in [1.29, 1.82) is 0 Å². The van der Waals surface area contributed by atoms with Gasteiger partial charge < -0.3 is 15.4 Å². The van der Waals surface area contributed by atoms with Crippen LogP contribution in [0.15, 0.2) is 54.6 Å². The van der Waals surface area contributed by atoms with Gasteiger partial charge in [-0.1, -0.05) is 30.3 Å². The zero-order valence-electron chi connectivity index (χ0n) is 14.5. The van der Waals surface area contributed by atoms with E-state index in [0.29, 0.717) is 37.2 Å². The second-order valence-electron chi connectivity index (χ2n) is 5.71. The maximum Gasteiger partial charge on any atom is 0.251 e. The molecule has 0 atom stereocenters. The summed E-state index contributed by atoms with van der Waals surface area (Å²) in [6, 6.07) is 16.8. The van der Waals surface area contributed by atoms with Crippen LogP contribution in [-0.2, 0) is 16.0 Å². The molecule has 2 aromatic rings. The Kier molecular flexibility index (Phi) is 7.66. The molecule has 0 fully saturated rings. The van der Waals surface area contributed by atoms with Crippen LogP contribution in [-0.4, -0.2) is 32.1 Å². The molecule has 132 valence electrons. The van der Waals surface area contributed by atoms with Gasteiger partial charge in [0.15, 0.2) is 0 Å². The molecule has 2 rings (SSSR count). The summed E-state index contributed by atoms with van der Waals surface area (Å²) in [7, 11) is 1.63. The third kappa shape index (κ3) is 6.77. The Hall–Kier alpha value is -2.66. The number of nitrogens with one attached hydrogen (secondary N) is 2. The topological polar surface area (TPSA) is 67.4 Å². The van der Waals surface area contributed by atoms with Crippen molar-refractivity contribution in [3.8, 4) is 0 Å². The number of anilines is 1. The number of carbonyl (C=O) groups excluding carboxylic acids is 2.